The molecule has 2 atom stereocenters. The molecule has 2 heterocycles. The number of nitrogens with zero attached hydrogens (tertiary/aromatic N) is 3. The Morgan fingerprint density at radius 1 is 1.53 bits per heavy atom. The molecule has 0 aliphatic carbocycles. The first-order valence-corrected chi connectivity index (χ1v) is 6.85. The van der Waals surface area contributed by atoms with Crippen molar-refractivity contribution in [1.29, 1.82) is 0 Å². The van der Waals surface area contributed by atoms with Gasteiger partial charge in [0.05, 0.1) is 18.8 Å². The molecular weight excluding hydrogens is 245 g/mol. The van der Waals surface area contributed by atoms with E-state index in [0.717, 1.165) is 5.69 Å². The minimum Gasteiger partial charge on any atom is -0.340 e. The fourth-order valence-electron chi connectivity index (χ4n) is 2.79. The highest BCUT2D eigenvalue weighted by Gasteiger charge is 2.33. The largest absolute Gasteiger partial charge is 0.340 e. The Bertz CT molecular complexity index is 469. The van der Waals surface area contributed by atoms with Crippen LogP contribution in [0.2, 0.25) is 0 Å². The average molecular weight is 267 g/mol. The van der Waals surface area contributed by atoms with Crippen molar-refractivity contribution in [3.63, 3.8) is 0 Å². The zero-order chi connectivity index (χ0) is 14.2. The molecule has 1 fully saturated rings. The van der Waals surface area contributed by atoms with Crippen LogP contribution in [0.3, 0.4) is 0 Å². The number of rotatable bonds is 2. The summed E-state index contributed by atoms with van der Waals surface area (Å²) in [6, 6.07) is -0.247. The smallest absolute Gasteiger partial charge is 0.219 e. The number of amides is 1. The van der Waals surface area contributed by atoms with E-state index in [1.165, 1.54) is 12.5 Å². The van der Waals surface area contributed by atoms with E-state index in [1.807, 2.05) is 13.1 Å². The van der Waals surface area contributed by atoms with Crippen LogP contribution in [-0.2, 0) is 4.79 Å². The summed E-state index contributed by atoms with van der Waals surface area (Å²) in [5.41, 5.74) is 2.21. The van der Waals surface area contributed by atoms with Crippen molar-refractivity contribution in [2.24, 2.45) is 0 Å². The summed E-state index contributed by atoms with van der Waals surface area (Å²) in [5.74, 6) is 0.338. The molecule has 0 unspecified atom stereocenters. The van der Waals surface area contributed by atoms with Crippen LogP contribution in [0.4, 0.5) is 4.39 Å². The fourth-order valence-corrected chi connectivity index (χ4v) is 2.79. The normalized spacial score (nSPS) is 24.0. The Balaban J connectivity index is 2.17. The van der Waals surface area contributed by atoms with Crippen molar-refractivity contribution in [2.45, 2.75) is 52.2 Å². The van der Waals surface area contributed by atoms with Gasteiger partial charge in [0.15, 0.2) is 0 Å². The van der Waals surface area contributed by atoms with Crippen LogP contribution in [-0.4, -0.2) is 39.8 Å². The molecule has 1 amide bonds. The minimum atomic E-state index is -1.05. The number of carbonyl (C=O) groups excluding carboxylic acids is 1. The summed E-state index contributed by atoms with van der Waals surface area (Å²) < 4.78 is 16.1. The van der Waals surface area contributed by atoms with E-state index in [2.05, 4.69) is 18.9 Å². The van der Waals surface area contributed by atoms with E-state index in [0.29, 0.717) is 18.9 Å². The van der Waals surface area contributed by atoms with Crippen LogP contribution in [0.25, 0.3) is 0 Å². The number of carbonyl (C=O) groups is 1. The summed E-state index contributed by atoms with van der Waals surface area (Å²) >= 11 is 0. The van der Waals surface area contributed by atoms with Crippen molar-refractivity contribution in [2.75, 3.05) is 13.1 Å². The first kappa shape index (κ1) is 14.0. The molecule has 1 aromatic rings. The van der Waals surface area contributed by atoms with Crippen molar-refractivity contribution in [3.05, 3.63) is 17.5 Å². The lowest BCUT2D eigenvalue weighted by molar-refractivity contribution is -0.131. The zero-order valence-electron chi connectivity index (χ0n) is 12.1. The van der Waals surface area contributed by atoms with Crippen LogP contribution in [0.15, 0.2) is 6.20 Å². The van der Waals surface area contributed by atoms with Gasteiger partial charge in [0.25, 0.3) is 0 Å². The summed E-state index contributed by atoms with van der Waals surface area (Å²) in [4.78, 5) is 12.9. The average Bonchev–Trinajstić information content (AvgIpc) is 2.71. The molecule has 4 nitrogen and oxygen atoms in total. The number of hydrogen-bond donors (Lipinski definition) is 0. The third-order valence-corrected chi connectivity index (χ3v) is 3.97. The van der Waals surface area contributed by atoms with Crippen LogP contribution in [0.5, 0.6) is 0 Å². The maximum Gasteiger partial charge on any atom is 0.219 e. The lowest BCUT2D eigenvalue weighted by Crippen LogP contribution is -2.45. The van der Waals surface area contributed by atoms with E-state index in [-0.39, 0.29) is 18.5 Å². The first-order chi connectivity index (χ1) is 8.91. The zero-order valence-corrected chi connectivity index (χ0v) is 12.1. The van der Waals surface area contributed by atoms with Crippen LogP contribution in [0, 0.1) is 6.92 Å². The van der Waals surface area contributed by atoms with Crippen molar-refractivity contribution in [1.82, 2.24) is 14.7 Å². The van der Waals surface area contributed by atoms with Gasteiger partial charge in [0.1, 0.15) is 6.17 Å². The molecule has 0 N–H and O–H groups in total. The Kier molecular flexibility index (Phi) is 3.92. The molecule has 1 aliphatic rings. The summed E-state index contributed by atoms with van der Waals surface area (Å²) in [6.45, 7) is 8.49. The van der Waals surface area contributed by atoms with Crippen molar-refractivity contribution < 1.29 is 9.18 Å². The van der Waals surface area contributed by atoms with Gasteiger partial charge in [-0.05, 0) is 24.8 Å². The van der Waals surface area contributed by atoms with Gasteiger partial charge < -0.3 is 4.90 Å². The molecule has 106 valence electrons. The number of piperidine rings is 1. The lowest BCUT2D eigenvalue weighted by atomic mass is 10.0. The highest BCUT2D eigenvalue weighted by Crippen LogP contribution is 2.29. The van der Waals surface area contributed by atoms with Gasteiger partial charge in [0.2, 0.25) is 5.91 Å². The number of alkyl halides is 1. The summed E-state index contributed by atoms with van der Waals surface area (Å²) in [6.07, 6.45) is 1.42. The Labute approximate surface area is 113 Å². The van der Waals surface area contributed by atoms with E-state index in [4.69, 9.17) is 0 Å². The molecule has 0 aromatic carbocycles. The minimum absolute atomic E-state index is 0.0545. The van der Waals surface area contributed by atoms with Gasteiger partial charge in [-0.1, -0.05) is 13.8 Å². The predicted molar refractivity (Wildman–Crippen MR) is 71.9 cm³/mol. The topological polar surface area (TPSA) is 38.1 Å². The molecule has 0 spiro atoms. The molecule has 0 saturated carbocycles. The monoisotopic (exact) mass is 267 g/mol. The number of likely N-dealkylation sites (tertiary alicyclic amines) is 1. The van der Waals surface area contributed by atoms with Crippen molar-refractivity contribution >= 4 is 5.91 Å². The molecular formula is C14H22FN3O. The Morgan fingerprint density at radius 3 is 2.68 bits per heavy atom. The second kappa shape index (κ2) is 5.31. The Morgan fingerprint density at radius 2 is 2.21 bits per heavy atom. The molecule has 1 aromatic heterocycles. The van der Waals surface area contributed by atoms with Gasteiger partial charge >= 0.3 is 0 Å². The SMILES string of the molecule is CC(=O)N1CC[C@H](n2ncc(C(C)C)c2C)[C@@H](F)C1. The third kappa shape index (κ3) is 2.65. The van der Waals surface area contributed by atoms with Gasteiger partial charge in [-0.15, -0.1) is 0 Å². The quantitative estimate of drug-likeness (QED) is 0.825. The van der Waals surface area contributed by atoms with Gasteiger partial charge in [-0.25, -0.2) is 4.39 Å². The second-order valence-electron chi connectivity index (χ2n) is 5.62. The molecule has 0 radical (unpaired) electrons. The number of hydrogen-bond acceptors (Lipinski definition) is 2. The highest BCUT2D eigenvalue weighted by molar-refractivity contribution is 5.73. The number of aromatic nitrogens is 2. The predicted octanol–water partition coefficient (Wildman–Crippen LogP) is 2.45. The maximum atomic E-state index is 14.3. The highest BCUT2D eigenvalue weighted by atomic mass is 19.1. The van der Waals surface area contributed by atoms with E-state index < -0.39 is 6.17 Å². The van der Waals surface area contributed by atoms with Gasteiger partial charge in [0, 0.05) is 19.2 Å². The van der Waals surface area contributed by atoms with Crippen LogP contribution in [0.1, 0.15) is 50.4 Å². The molecule has 5 heteroatoms. The molecule has 2 rings (SSSR count). The van der Waals surface area contributed by atoms with E-state index in [1.54, 1.807) is 9.58 Å². The Hall–Kier alpha value is -1.39. The lowest BCUT2D eigenvalue weighted by Gasteiger charge is -2.34. The van der Waals surface area contributed by atoms with Crippen LogP contribution >= 0.6 is 0 Å². The second-order valence-corrected chi connectivity index (χ2v) is 5.62. The third-order valence-electron chi connectivity index (χ3n) is 3.97. The molecule has 1 aliphatic heterocycles. The van der Waals surface area contributed by atoms with Gasteiger partial charge in [-0.3, -0.25) is 9.48 Å². The van der Waals surface area contributed by atoms with Crippen LogP contribution < -0.4 is 0 Å². The van der Waals surface area contributed by atoms with E-state index >= 15 is 0 Å². The van der Waals surface area contributed by atoms with Crippen molar-refractivity contribution in [3.8, 4) is 0 Å². The molecule has 1 saturated heterocycles. The molecule has 0 bridgehead atoms. The summed E-state index contributed by atoms with van der Waals surface area (Å²) in [5, 5.41) is 4.35. The standard InChI is InChI=1S/C14H22FN3O/c1-9(2)12-7-16-18(10(12)3)14-5-6-17(11(4)19)8-13(14)15/h7,9,13-14H,5-6,8H2,1-4H3/t13-,14-/m0/s1. The summed E-state index contributed by atoms with van der Waals surface area (Å²) in [7, 11) is 0. The van der Waals surface area contributed by atoms with E-state index in [9.17, 15) is 9.18 Å². The van der Waals surface area contributed by atoms with Gasteiger partial charge in [-0.2, -0.15) is 5.10 Å². The molecule has 19 heavy (non-hydrogen) atoms. The fraction of sp³-hybridized carbons (Fsp3) is 0.714. The number of halogens is 1. The maximum absolute atomic E-state index is 14.3. The first-order valence-electron chi connectivity index (χ1n) is 6.85.